The molecule has 1 aliphatic heterocycles. The highest BCUT2D eigenvalue weighted by molar-refractivity contribution is 9.10. The van der Waals surface area contributed by atoms with Crippen LogP contribution in [0.5, 0.6) is 0 Å². The molecule has 1 heterocycles. The predicted molar refractivity (Wildman–Crippen MR) is 79.7 cm³/mol. The topological polar surface area (TPSA) is 49.4 Å². The number of aryl methyl sites for hydroxylation is 1. The Bertz CT molecular complexity index is 554. The van der Waals surface area contributed by atoms with Crippen molar-refractivity contribution in [1.82, 2.24) is 9.62 Å². The first-order valence-electron chi connectivity index (χ1n) is 6.38. The molecule has 19 heavy (non-hydrogen) atoms. The maximum Gasteiger partial charge on any atom is 0.244 e. The molecule has 1 saturated heterocycles. The van der Waals surface area contributed by atoms with Crippen LogP contribution in [-0.2, 0) is 10.0 Å². The quantitative estimate of drug-likeness (QED) is 0.911. The lowest BCUT2D eigenvalue weighted by atomic mass is 10.1. The van der Waals surface area contributed by atoms with Crippen LogP contribution in [0.25, 0.3) is 0 Å². The van der Waals surface area contributed by atoms with Crippen molar-refractivity contribution in [1.29, 1.82) is 0 Å². The molecule has 0 amide bonds. The fraction of sp³-hybridized carbons (Fsp3) is 0.538. The van der Waals surface area contributed by atoms with E-state index < -0.39 is 10.0 Å². The van der Waals surface area contributed by atoms with E-state index in [9.17, 15) is 8.42 Å². The molecule has 0 bridgehead atoms. The second-order valence-corrected chi connectivity index (χ2v) is 7.76. The Labute approximate surface area is 123 Å². The summed E-state index contributed by atoms with van der Waals surface area (Å²) in [6.07, 6.45) is 1.72. The molecule has 6 heteroatoms. The zero-order chi connectivity index (χ0) is 14.0. The van der Waals surface area contributed by atoms with Crippen LogP contribution in [0.2, 0.25) is 0 Å². The SMILES string of the molecule is Cc1ccc(Br)c(S(=O)(=O)N(C)C2CCNCC2)c1. The number of hydrogen-bond acceptors (Lipinski definition) is 3. The molecule has 106 valence electrons. The summed E-state index contributed by atoms with van der Waals surface area (Å²) in [5.41, 5.74) is 0.945. The Balaban J connectivity index is 2.33. The van der Waals surface area contributed by atoms with Crippen molar-refractivity contribution in [3.05, 3.63) is 28.2 Å². The summed E-state index contributed by atoms with van der Waals surface area (Å²) in [6.45, 7) is 3.65. The van der Waals surface area contributed by atoms with Gasteiger partial charge in [-0.2, -0.15) is 4.31 Å². The van der Waals surface area contributed by atoms with Crippen LogP contribution in [0.4, 0.5) is 0 Å². The van der Waals surface area contributed by atoms with E-state index >= 15 is 0 Å². The smallest absolute Gasteiger partial charge is 0.244 e. The summed E-state index contributed by atoms with van der Waals surface area (Å²) in [7, 11) is -1.75. The molecule has 0 spiro atoms. The highest BCUT2D eigenvalue weighted by Crippen LogP contribution is 2.27. The number of rotatable bonds is 3. The molecule has 0 aliphatic carbocycles. The first-order valence-corrected chi connectivity index (χ1v) is 8.61. The fourth-order valence-corrected chi connectivity index (χ4v) is 4.75. The minimum atomic E-state index is -3.43. The third-order valence-corrected chi connectivity index (χ3v) is 6.47. The summed E-state index contributed by atoms with van der Waals surface area (Å²) < 4.78 is 27.5. The van der Waals surface area contributed by atoms with Gasteiger partial charge in [0.05, 0.1) is 4.90 Å². The fourth-order valence-electron chi connectivity index (χ4n) is 2.33. The molecule has 4 nitrogen and oxygen atoms in total. The molecular weight excluding hydrogens is 328 g/mol. The van der Waals surface area contributed by atoms with Crippen molar-refractivity contribution in [2.24, 2.45) is 0 Å². The molecule has 1 aromatic rings. The van der Waals surface area contributed by atoms with Gasteiger partial charge in [0.2, 0.25) is 10.0 Å². The first-order chi connectivity index (χ1) is 8.93. The van der Waals surface area contributed by atoms with Crippen LogP contribution in [0.3, 0.4) is 0 Å². The van der Waals surface area contributed by atoms with E-state index in [-0.39, 0.29) is 6.04 Å². The van der Waals surface area contributed by atoms with E-state index in [2.05, 4.69) is 21.2 Å². The molecule has 0 saturated carbocycles. The Morgan fingerprint density at radius 3 is 2.58 bits per heavy atom. The zero-order valence-corrected chi connectivity index (χ0v) is 13.6. The lowest BCUT2D eigenvalue weighted by Gasteiger charge is -2.31. The maximum atomic E-state index is 12.7. The molecule has 1 aliphatic rings. The second-order valence-electron chi connectivity index (χ2n) is 4.94. The van der Waals surface area contributed by atoms with E-state index in [1.807, 2.05) is 13.0 Å². The van der Waals surface area contributed by atoms with Crippen LogP contribution in [0.15, 0.2) is 27.6 Å². The van der Waals surface area contributed by atoms with Crippen molar-refractivity contribution in [3.63, 3.8) is 0 Å². The summed E-state index contributed by atoms with van der Waals surface area (Å²) in [6, 6.07) is 5.49. The van der Waals surface area contributed by atoms with Crippen molar-refractivity contribution in [2.45, 2.75) is 30.7 Å². The van der Waals surface area contributed by atoms with Crippen LogP contribution in [0.1, 0.15) is 18.4 Å². The van der Waals surface area contributed by atoms with Gasteiger partial charge in [0.15, 0.2) is 0 Å². The van der Waals surface area contributed by atoms with Gasteiger partial charge < -0.3 is 5.32 Å². The van der Waals surface area contributed by atoms with Crippen molar-refractivity contribution < 1.29 is 8.42 Å². The number of halogens is 1. The van der Waals surface area contributed by atoms with Gasteiger partial charge in [-0.15, -0.1) is 0 Å². The van der Waals surface area contributed by atoms with E-state index in [1.165, 1.54) is 4.31 Å². The molecule has 1 N–H and O–H groups in total. The van der Waals surface area contributed by atoms with Gasteiger partial charge in [-0.3, -0.25) is 0 Å². The largest absolute Gasteiger partial charge is 0.317 e. The number of hydrogen-bond donors (Lipinski definition) is 1. The highest BCUT2D eigenvalue weighted by atomic mass is 79.9. The van der Waals surface area contributed by atoms with E-state index in [0.717, 1.165) is 31.5 Å². The lowest BCUT2D eigenvalue weighted by molar-refractivity contribution is 0.296. The van der Waals surface area contributed by atoms with Gasteiger partial charge in [-0.25, -0.2) is 8.42 Å². The van der Waals surface area contributed by atoms with Gasteiger partial charge in [0, 0.05) is 17.6 Å². The zero-order valence-electron chi connectivity index (χ0n) is 11.2. The summed E-state index contributed by atoms with van der Waals surface area (Å²) in [5.74, 6) is 0. The van der Waals surface area contributed by atoms with Crippen LogP contribution in [-0.4, -0.2) is 38.9 Å². The number of nitrogens with one attached hydrogen (secondary N) is 1. The molecule has 2 rings (SSSR count). The van der Waals surface area contributed by atoms with Crippen LogP contribution < -0.4 is 5.32 Å². The third-order valence-electron chi connectivity index (χ3n) is 3.57. The summed E-state index contributed by atoms with van der Waals surface area (Å²) in [4.78, 5) is 0.355. The molecular formula is C13H19BrN2O2S. The predicted octanol–water partition coefficient (Wildman–Crippen LogP) is 2.13. The van der Waals surface area contributed by atoms with Crippen LogP contribution >= 0.6 is 15.9 Å². The highest BCUT2D eigenvalue weighted by Gasteiger charge is 2.30. The maximum absolute atomic E-state index is 12.7. The normalized spacial score (nSPS) is 17.9. The van der Waals surface area contributed by atoms with Gasteiger partial charge in [-0.05, 0) is 66.5 Å². The third kappa shape index (κ3) is 3.18. The average Bonchev–Trinajstić information content (AvgIpc) is 2.41. The van der Waals surface area contributed by atoms with Crippen molar-refractivity contribution >= 4 is 26.0 Å². The molecule has 1 aromatic carbocycles. The van der Waals surface area contributed by atoms with E-state index in [0.29, 0.717) is 9.37 Å². The number of sulfonamides is 1. The molecule has 0 unspecified atom stereocenters. The lowest BCUT2D eigenvalue weighted by Crippen LogP contribution is -2.43. The second kappa shape index (κ2) is 5.91. The minimum absolute atomic E-state index is 0.0821. The van der Waals surface area contributed by atoms with Crippen LogP contribution in [0, 0.1) is 6.92 Å². The Hall–Kier alpha value is -0.430. The van der Waals surface area contributed by atoms with Crippen molar-refractivity contribution in [3.8, 4) is 0 Å². The average molecular weight is 347 g/mol. The molecule has 1 fully saturated rings. The van der Waals surface area contributed by atoms with Gasteiger partial charge in [-0.1, -0.05) is 6.07 Å². The minimum Gasteiger partial charge on any atom is -0.317 e. The Morgan fingerprint density at radius 1 is 1.32 bits per heavy atom. The van der Waals surface area contributed by atoms with Crippen molar-refractivity contribution in [2.75, 3.05) is 20.1 Å². The number of benzene rings is 1. The Morgan fingerprint density at radius 2 is 1.95 bits per heavy atom. The number of nitrogens with zero attached hydrogens (tertiary/aromatic N) is 1. The standard InChI is InChI=1S/C13H19BrN2O2S/c1-10-3-4-12(14)13(9-10)19(17,18)16(2)11-5-7-15-8-6-11/h3-4,9,11,15H,5-8H2,1-2H3. The van der Waals surface area contributed by atoms with Gasteiger partial charge in [0.25, 0.3) is 0 Å². The summed E-state index contributed by atoms with van der Waals surface area (Å²) in [5, 5.41) is 3.25. The van der Waals surface area contributed by atoms with Gasteiger partial charge >= 0.3 is 0 Å². The summed E-state index contributed by atoms with van der Waals surface area (Å²) >= 11 is 3.34. The molecule has 0 aromatic heterocycles. The Kier molecular flexibility index (Phi) is 4.66. The monoisotopic (exact) mass is 346 g/mol. The molecule has 0 atom stereocenters. The number of piperidine rings is 1. The van der Waals surface area contributed by atoms with Gasteiger partial charge in [0.1, 0.15) is 0 Å². The first kappa shape index (κ1) is 15.0. The van der Waals surface area contributed by atoms with E-state index in [4.69, 9.17) is 0 Å². The van der Waals surface area contributed by atoms with E-state index in [1.54, 1.807) is 19.2 Å². The molecule has 0 radical (unpaired) electrons.